The summed E-state index contributed by atoms with van der Waals surface area (Å²) in [5.74, 6) is -24.6. The monoisotopic (exact) mass is 648 g/mol. The number of aromatic nitrogens is 1. The predicted octanol–water partition coefficient (Wildman–Crippen LogP) is -2.79. The second-order valence-corrected chi connectivity index (χ2v) is 10.1. The average Bonchev–Trinajstić information content (AvgIpc) is 3.40. The number of carbonyl (C=O) groups excluding carboxylic acids is 1. The number of thiazole rings is 1. The zero-order valence-corrected chi connectivity index (χ0v) is 23.2. The summed E-state index contributed by atoms with van der Waals surface area (Å²) in [6.07, 6.45) is -1.56. The minimum absolute atomic E-state index is 0.180. The highest BCUT2D eigenvalue weighted by atomic mass is 32.1. The lowest BCUT2D eigenvalue weighted by Crippen LogP contribution is -2.62. The first kappa shape index (κ1) is 33.9. The van der Waals surface area contributed by atoms with Crippen LogP contribution in [-0.4, -0.2) is 102 Å². The van der Waals surface area contributed by atoms with Gasteiger partial charge < -0.3 is 87.3 Å². The number of methoxy groups -OCH3 is 1. The Bertz CT molecular complexity index is 1550. The molecule has 0 aliphatic heterocycles. The molecule has 0 saturated heterocycles. The Morgan fingerprint density at radius 2 is 1.41 bits per heavy atom. The van der Waals surface area contributed by atoms with Crippen LogP contribution in [0, 0.1) is 6.92 Å². The molecule has 1 unspecified atom stereocenters. The minimum Gasteiger partial charge on any atom is -0.504 e. The number of phenols is 8. The molecule has 44 heavy (non-hydrogen) atoms. The predicted molar refractivity (Wildman–Crippen MR) is 143 cm³/mol. The number of ether oxygens (including phenoxy) is 1. The van der Waals surface area contributed by atoms with Crippen LogP contribution < -0.4 is 16.4 Å². The average molecular weight is 649 g/mol. The molecular weight excluding hydrogens is 620 g/mol. The number of phenolic OH excluding ortho intramolecular Hbond substituents is 8. The maximum absolute atomic E-state index is 12.5. The van der Waals surface area contributed by atoms with Gasteiger partial charge in [0.05, 0.1) is 6.10 Å². The minimum atomic E-state index is -4.26. The molecular formula is C23H28N4O16S. The van der Waals surface area contributed by atoms with Crippen molar-refractivity contribution >= 4 is 28.1 Å². The van der Waals surface area contributed by atoms with Crippen molar-refractivity contribution < 1.29 is 81.0 Å². The molecule has 2 aromatic carbocycles. The first-order chi connectivity index (χ1) is 20.1. The van der Waals surface area contributed by atoms with Gasteiger partial charge in [0.15, 0.2) is 39.6 Å². The topological polar surface area (TPSA) is 372 Å². The van der Waals surface area contributed by atoms with Crippen LogP contribution in [0.1, 0.15) is 28.5 Å². The largest absolute Gasteiger partial charge is 0.504 e. The molecule has 3 aromatic rings. The fourth-order valence-electron chi connectivity index (χ4n) is 3.98. The van der Waals surface area contributed by atoms with Crippen LogP contribution in [0.3, 0.4) is 0 Å². The molecule has 20 nitrogen and oxygen atoms in total. The van der Waals surface area contributed by atoms with Gasteiger partial charge in [0, 0.05) is 30.2 Å². The van der Waals surface area contributed by atoms with Crippen molar-refractivity contribution in [3.63, 3.8) is 0 Å². The van der Waals surface area contributed by atoms with E-state index in [-0.39, 0.29) is 10.7 Å². The highest BCUT2D eigenvalue weighted by molar-refractivity contribution is 7.13. The van der Waals surface area contributed by atoms with Crippen molar-refractivity contribution in [1.29, 1.82) is 0 Å². The lowest BCUT2D eigenvalue weighted by Gasteiger charge is -2.37. The lowest BCUT2D eigenvalue weighted by molar-refractivity contribution is -0.380. The van der Waals surface area contributed by atoms with Gasteiger partial charge in [0.2, 0.25) is 11.5 Å². The zero-order chi connectivity index (χ0) is 33.7. The van der Waals surface area contributed by atoms with E-state index in [2.05, 4.69) is 4.98 Å². The Morgan fingerprint density at radius 3 is 1.89 bits per heavy atom. The summed E-state index contributed by atoms with van der Waals surface area (Å²) in [5, 5.41) is 148. The number of hydrogen-bond donors (Lipinski definition) is 17. The number of anilines is 2. The molecule has 0 aliphatic rings. The molecule has 1 aromatic heterocycles. The van der Waals surface area contributed by atoms with Crippen molar-refractivity contribution in [3.8, 4) is 46.0 Å². The molecule has 242 valence electrons. The van der Waals surface area contributed by atoms with Crippen LogP contribution in [0.25, 0.3) is 0 Å². The molecule has 0 bridgehead atoms. The molecule has 1 atom stereocenters. The number of aromatic hydroxyl groups is 8. The Hall–Kier alpha value is -4.58. The Kier molecular flexibility index (Phi) is 8.86. The van der Waals surface area contributed by atoms with Gasteiger partial charge >= 0.3 is 0 Å². The van der Waals surface area contributed by atoms with Gasteiger partial charge in [-0.25, -0.2) is 4.98 Å². The van der Waals surface area contributed by atoms with Gasteiger partial charge in [0.25, 0.3) is 23.4 Å². The highest BCUT2D eigenvalue weighted by Gasteiger charge is 2.54. The van der Waals surface area contributed by atoms with Crippen molar-refractivity contribution in [2.45, 2.75) is 30.5 Å². The first-order valence-corrected chi connectivity index (χ1v) is 12.6. The van der Waals surface area contributed by atoms with Crippen molar-refractivity contribution in [2.24, 2.45) is 0 Å². The molecule has 18 N–H and O–H groups in total. The second-order valence-electron chi connectivity index (χ2n) is 9.22. The van der Waals surface area contributed by atoms with E-state index in [1.807, 2.05) is 0 Å². The molecule has 0 saturated carbocycles. The molecule has 21 heteroatoms. The molecule has 3 rings (SSSR count). The molecule has 1 heterocycles. The number of nitrogens with one attached hydrogen (secondary N) is 2. The van der Waals surface area contributed by atoms with Gasteiger partial charge in [-0.3, -0.25) is 10.1 Å². The molecule has 1 amide bonds. The highest BCUT2D eigenvalue weighted by Crippen LogP contribution is 2.54. The number of rotatable bonds is 10. The standard InChI is InChI=1S/C23H28N4O16S/c1-5-8(12(29)18(35)17(34)11(5)28)6(43-2)3-25-23(41,42)22(39,40)9-13(30)15(32)10(16(33)14(9)31)27-19(36)21(37,38)7-4-44-20(24)26-7/h4,6,25,28-35,37-42H,3H2,1-2H3,(H2,24,26)(H,27,36). The summed E-state index contributed by atoms with van der Waals surface area (Å²) in [6, 6.07) is 0. The number of nitrogens with zero attached hydrogens (tertiary/aromatic N) is 1. The van der Waals surface area contributed by atoms with E-state index in [1.165, 1.54) is 0 Å². The van der Waals surface area contributed by atoms with E-state index in [4.69, 9.17) is 10.5 Å². The quantitative estimate of drug-likeness (QED) is 0.0599. The van der Waals surface area contributed by atoms with Crippen molar-refractivity contribution in [3.05, 3.63) is 27.8 Å². The number of hydrogen-bond acceptors (Lipinski definition) is 20. The summed E-state index contributed by atoms with van der Waals surface area (Å²) < 4.78 is 5.08. The van der Waals surface area contributed by atoms with Gasteiger partial charge in [0.1, 0.15) is 16.9 Å². The van der Waals surface area contributed by atoms with E-state index in [1.54, 1.807) is 10.6 Å². The maximum atomic E-state index is 12.5. The van der Waals surface area contributed by atoms with Gasteiger partial charge in [-0.1, -0.05) is 0 Å². The lowest BCUT2D eigenvalue weighted by atomic mass is 9.96. The normalized spacial score (nSPS) is 13.2. The van der Waals surface area contributed by atoms with Crippen LogP contribution in [0.5, 0.6) is 46.0 Å². The third-order valence-corrected chi connectivity index (χ3v) is 7.17. The van der Waals surface area contributed by atoms with E-state index in [0.29, 0.717) is 11.3 Å². The SMILES string of the molecule is COC(CNC(O)(O)C(O)(O)c1c(O)c(O)c(NC(=O)C(O)(O)c2csc(N)n2)c(O)c1O)c1c(C)c(O)c(O)c(O)c1O. The number of nitrogen functional groups attached to an aromatic ring is 1. The molecule has 0 spiro atoms. The van der Waals surface area contributed by atoms with Crippen LogP contribution in [0.4, 0.5) is 10.8 Å². The number of benzene rings is 2. The van der Waals surface area contributed by atoms with Crippen molar-refractivity contribution in [1.82, 2.24) is 10.3 Å². The third-order valence-electron chi connectivity index (χ3n) is 6.49. The third kappa shape index (κ3) is 5.45. The Balaban J connectivity index is 1.97. The number of carbonyl (C=O) groups is 1. The van der Waals surface area contributed by atoms with Crippen LogP contribution in [0.15, 0.2) is 5.38 Å². The summed E-state index contributed by atoms with van der Waals surface area (Å²) in [7, 11) is 1.01. The summed E-state index contributed by atoms with van der Waals surface area (Å²) in [5.41, 5.74) is 0.928. The number of nitrogens with two attached hydrogens (primary N) is 1. The molecule has 0 radical (unpaired) electrons. The Labute approximate surface area is 248 Å². The number of amides is 1. The number of aliphatic hydroxyl groups is 6. The second kappa shape index (κ2) is 11.5. The van der Waals surface area contributed by atoms with Crippen LogP contribution in [0.2, 0.25) is 0 Å². The van der Waals surface area contributed by atoms with E-state index >= 15 is 0 Å². The summed E-state index contributed by atoms with van der Waals surface area (Å²) >= 11 is 0.708. The van der Waals surface area contributed by atoms with E-state index in [9.17, 15) is 76.3 Å². The molecule has 0 fully saturated rings. The summed E-state index contributed by atoms with van der Waals surface area (Å²) in [4.78, 5) is 16.0. The first-order valence-electron chi connectivity index (χ1n) is 11.7. The van der Waals surface area contributed by atoms with Crippen LogP contribution >= 0.6 is 11.3 Å². The van der Waals surface area contributed by atoms with Gasteiger partial charge in [-0.15, -0.1) is 11.3 Å². The Morgan fingerprint density at radius 1 is 0.886 bits per heavy atom. The van der Waals surface area contributed by atoms with E-state index < -0.39 is 105 Å². The van der Waals surface area contributed by atoms with Gasteiger partial charge in [-0.05, 0) is 6.92 Å². The fourth-order valence-corrected chi connectivity index (χ4v) is 4.58. The zero-order valence-electron chi connectivity index (χ0n) is 22.4. The smallest absolute Gasteiger partial charge is 0.291 e. The van der Waals surface area contributed by atoms with Crippen molar-refractivity contribution in [2.75, 3.05) is 24.7 Å². The van der Waals surface area contributed by atoms with Crippen LogP contribution in [-0.2, 0) is 21.1 Å². The fraction of sp³-hybridized carbons (Fsp3) is 0.304. The summed E-state index contributed by atoms with van der Waals surface area (Å²) in [6.45, 7) is 0.225. The molecule has 0 aliphatic carbocycles. The maximum Gasteiger partial charge on any atom is 0.291 e. The van der Waals surface area contributed by atoms with E-state index in [0.717, 1.165) is 19.4 Å². The van der Waals surface area contributed by atoms with Gasteiger partial charge in [-0.2, -0.15) is 0 Å².